The summed E-state index contributed by atoms with van der Waals surface area (Å²) in [6, 6.07) is 0. The van der Waals surface area contributed by atoms with Gasteiger partial charge in [-0.2, -0.15) is 0 Å². The van der Waals surface area contributed by atoms with Crippen LogP contribution in [0.5, 0.6) is 0 Å². The molecular weight excluding hydrogens is 300 g/mol. The van der Waals surface area contributed by atoms with Gasteiger partial charge in [0.05, 0.1) is 25.4 Å². The Labute approximate surface area is 128 Å². The molecule has 0 aromatic heterocycles. The number of rotatable bonds is 3. The molecule has 2 aliphatic heterocycles. The van der Waals surface area contributed by atoms with Gasteiger partial charge in [0.15, 0.2) is 6.29 Å². The minimum absolute atomic E-state index is 0.230. The zero-order chi connectivity index (χ0) is 16.7. The molecule has 132 valence electrons. The molecule has 0 radical (unpaired) electrons. The monoisotopic (exact) mass is 326 g/mol. The van der Waals surface area contributed by atoms with Crippen molar-refractivity contribution in [3.05, 3.63) is 0 Å². The van der Waals surface area contributed by atoms with Crippen LogP contribution >= 0.6 is 0 Å². The summed E-state index contributed by atoms with van der Waals surface area (Å²) in [7, 11) is 1.45. The number of aliphatic hydroxyl groups is 6. The largest absolute Gasteiger partial charge is 0.394 e. The standard InChI is InChI=1S/C7H14O5.C6H12O4/c1-11-6-2-4(9)7(10)5(3-8)12-6;7-3-5-6(9)4(8)1-2-10-5/h4-10H,2-3H2,1H3;4-9H,1-3H2/t4?,5?,6-,7-;4-,5?,6?/m01/s1. The van der Waals surface area contributed by atoms with Gasteiger partial charge in [-0.05, 0) is 6.42 Å². The average Bonchev–Trinajstić information content (AvgIpc) is 2.53. The van der Waals surface area contributed by atoms with E-state index in [0.717, 1.165) is 0 Å². The Kier molecular flexibility index (Phi) is 8.69. The van der Waals surface area contributed by atoms with Gasteiger partial charge in [0, 0.05) is 20.1 Å². The summed E-state index contributed by atoms with van der Waals surface area (Å²) >= 11 is 0. The molecule has 2 rings (SSSR count). The molecule has 0 aliphatic carbocycles. The predicted octanol–water partition coefficient (Wildman–Crippen LogP) is -3.05. The van der Waals surface area contributed by atoms with E-state index in [0.29, 0.717) is 13.0 Å². The Balaban J connectivity index is 0.000000224. The number of aliphatic hydroxyl groups excluding tert-OH is 6. The van der Waals surface area contributed by atoms with E-state index in [9.17, 15) is 10.2 Å². The molecule has 0 aromatic carbocycles. The molecular formula is C13H26O9. The maximum Gasteiger partial charge on any atom is 0.160 e. The molecule has 4 unspecified atom stereocenters. The molecule has 0 spiro atoms. The Hall–Kier alpha value is -0.360. The molecule has 9 heteroatoms. The minimum Gasteiger partial charge on any atom is -0.394 e. The molecule has 0 bridgehead atoms. The number of hydrogen-bond acceptors (Lipinski definition) is 9. The topological polar surface area (TPSA) is 149 Å². The van der Waals surface area contributed by atoms with Crippen molar-refractivity contribution < 1.29 is 44.8 Å². The second-order valence-electron chi connectivity index (χ2n) is 5.25. The lowest BCUT2D eigenvalue weighted by molar-refractivity contribution is -0.248. The fourth-order valence-electron chi connectivity index (χ4n) is 2.24. The molecule has 0 amide bonds. The van der Waals surface area contributed by atoms with E-state index in [1.165, 1.54) is 7.11 Å². The highest BCUT2D eigenvalue weighted by molar-refractivity contribution is 4.82. The molecule has 9 nitrogen and oxygen atoms in total. The van der Waals surface area contributed by atoms with Gasteiger partial charge in [-0.15, -0.1) is 0 Å². The van der Waals surface area contributed by atoms with Gasteiger partial charge >= 0.3 is 0 Å². The van der Waals surface area contributed by atoms with Gasteiger partial charge in [-0.1, -0.05) is 0 Å². The first kappa shape index (κ1) is 19.7. The van der Waals surface area contributed by atoms with Crippen molar-refractivity contribution in [2.45, 2.75) is 55.8 Å². The highest BCUT2D eigenvalue weighted by atomic mass is 16.7. The fraction of sp³-hybridized carbons (Fsp3) is 1.00. The number of methoxy groups -OCH3 is 1. The Bertz CT molecular complexity index is 303. The van der Waals surface area contributed by atoms with E-state index in [2.05, 4.69) is 0 Å². The normalized spacial score (nSPS) is 42.4. The van der Waals surface area contributed by atoms with Crippen LogP contribution in [-0.2, 0) is 14.2 Å². The highest BCUT2D eigenvalue weighted by Gasteiger charge is 2.36. The molecule has 2 saturated heterocycles. The second-order valence-corrected chi connectivity index (χ2v) is 5.25. The van der Waals surface area contributed by atoms with Crippen LogP contribution in [-0.4, -0.2) is 100 Å². The maximum absolute atomic E-state index is 9.26. The van der Waals surface area contributed by atoms with Gasteiger partial charge in [-0.25, -0.2) is 0 Å². The summed E-state index contributed by atoms with van der Waals surface area (Å²) < 4.78 is 14.9. The van der Waals surface area contributed by atoms with Crippen molar-refractivity contribution >= 4 is 0 Å². The molecule has 2 heterocycles. The fourth-order valence-corrected chi connectivity index (χ4v) is 2.24. The molecule has 6 N–H and O–H groups in total. The molecule has 0 saturated carbocycles. The van der Waals surface area contributed by atoms with Crippen LogP contribution in [0.4, 0.5) is 0 Å². The SMILES string of the molecule is CO[C@@H]1CC(O)[C@H](O)C(CO)O1.OCC1OCC[C@@H](O)C1O. The lowest BCUT2D eigenvalue weighted by Crippen LogP contribution is -2.50. The zero-order valence-electron chi connectivity index (χ0n) is 12.5. The molecule has 2 aliphatic rings. The van der Waals surface area contributed by atoms with Crippen molar-refractivity contribution in [2.75, 3.05) is 26.9 Å². The average molecular weight is 326 g/mol. The van der Waals surface area contributed by atoms with Crippen LogP contribution in [0.1, 0.15) is 12.8 Å². The lowest BCUT2D eigenvalue weighted by atomic mass is 10.0. The van der Waals surface area contributed by atoms with Gasteiger partial charge in [0.2, 0.25) is 0 Å². The summed E-state index contributed by atoms with van der Waals surface area (Å²) in [6.45, 7) is -0.153. The van der Waals surface area contributed by atoms with E-state index in [1.54, 1.807) is 0 Å². The Morgan fingerprint density at radius 2 is 1.55 bits per heavy atom. The van der Waals surface area contributed by atoms with Crippen molar-refractivity contribution in [3.63, 3.8) is 0 Å². The second kappa shape index (κ2) is 9.71. The summed E-state index contributed by atoms with van der Waals surface area (Å²) in [5, 5.41) is 54.0. The minimum atomic E-state index is -1.03. The third kappa shape index (κ3) is 5.37. The first-order valence-electron chi connectivity index (χ1n) is 7.18. The van der Waals surface area contributed by atoms with Crippen LogP contribution in [0.2, 0.25) is 0 Å². The van der Waals surface area contributed by atoms with Crippen molar-refractivity contribution in [1.82, 2.24) is 0 Å². The first-order chi connectivity index (χ1) is 10.4. The van der Waals surface area contributed by atoms with Crippen molar-refractivity contribution in [2.24, 2.45) is 0 Å². The van der Waals surface area contributed by atoms with Crippen molar-refractivity contribution in [1.29, 1.82) is 0 Å². The zero-order valence-corrected chi connectivity index (χ0v) is 12.5. The van der Waals surface area contributed by atoms with Gasteiger partial charge in [0.25, 0.3) is 0 Å². The smallest absolute Gasteiger partial charge is 0.160 e. The third-order valence-electron chi connectivity index (χ3n) is 3.68. The van der Waals surface area contributed by atoms with Crippen LogP contribution < -0.4 is 0 Å². The molecule has 22 heavy (non-hydrogen) atoms. The van der Waals surface area contributed by atoms with Gasteiger partial charge < -0.3 is 44.8 Å². The van der Waals surface area contributed by atoms with Crippen molar-refractivity contribution in [3.8, 4) is 0 Å². The molecule has 7 atom stereocenters. The summed E-state index contributed by atoms with van der Waals surface area (Å²) in [4.78, 5) is 0. The van der Waals surface area contributed by atoms with E-state index in [-0.39, 0.29) is 19.6 Å². The Morgan fingerprint density at radius 1 is 0.955 bits per heavy atom. The van der Waals surface area contributed by atoms with Crippen LogP contribution in [0.25, 0.3) is 0 Å². The van der Waals surface area contributed by atoms with Crippen LogP contribution in [0.3, 0.4) is 0 Å². The van der Waals surface area contributed by atoms with Gasteiger partial charge in [-0.3, -0.25) is 0 Å². The summed E-state index contributed by atoms with van der Waals surface area (Å²) in [6.07, 6.45) is -4.82. The predicted molar refractivity (Wildman–Crippen MR) is 72.8 cm³/mol. The number of ether oxygens (including phenoxy) is 3. The number of hydrogen-bond donors (Lipinski definition) is 6. The van der Waals surface area contributed by atoms with E-state index >= 15 is 0 Å². The summed E-state index contributed by atoms with van der Waals surface area (Å²) in [5.41, 5.74) is 0. The van der Waals surface area contributed by atoms with E-state index < -0.39 is 42.9 Å². The summed E-state index contributed by atoms with van der Waals surface area (Å²) in [5.74, 6) is 0. The van der Waals surface area contributed by atoms with Crippen LogP contribution in [0.15, 0.2) is 0 Å². The maximum atomic E-state index is 9.26. The third-order valence-corrected chi connectivity index (χ3v) is 3.68. The van der Waals surface area contributed by atoms with Gasteiger partial charge in [0.1, 0.15) is 24.4 Å². The lowest BCUT2D eigenvalue weighted by Gasteiger charge is -2.35. The van der Waals surface area contributed by atoms with E-state index in [4.69, 9.17) is 34.6 Å². The highest BCUT2D eigenvalue weighted by Crippen LogP contribution is 2.20. The molecule has 2 fully saturated rings. The molecule has 0 aromatic rings. The van der Waals surface area contributed by atoms with E-state index in [1.807, 2.05) is 0 Å². The van der Waals surface area contributed by atoms with Crippen LogP contribution in [0, 0.1) is 0 Å². The Morgan fingerprint density at radius 3 is 2.05 bits per heavy atom. The quantitative estimate of drug-likeness (QED) is 0.318. The first-order valence-corrected chi connectivity index (χ1v) is 7.18.